The molecule has 19 heavy (non-hydrogen) atoms. The maximum atomic E-state index is 2.30. The molecule has 89 valence electrons. The van der Waals surface area contributed by atoms with Crippen molar-refractivity contribution in [1.29, 1.82) is 0 Å². The minimum absolute atomic E-state index is 1.27. The average molecular weight is 241 g/mol. The molecule has 4 rings (SSSR count). The van der Waals surface area contributed by atoms with Crippen LogP contribution in [0.3, 0.4) is 0 Å². The Balaban J connectivity index is 1.89. The zero-order valence-electron chi connectivity index (χ0n) is 10.5. The minimum atomic E-state index is 1.27. The Hall–Kier alpha value is -2.34. The van der Waals surface area contributed by atoms with Gasteiger partial charge >= 0.3 is 0 Å². The van der Waals surface area contributed by atoms with Crippen molar-refractivity contribution in [2.75, 3.05) is 0 Å². The van der Waals surface area contributed by atoms with Crippen molar-refractivity contribution in [1.82, 2.24) is 0 Å². The van der Waals surface area contributed by atoms with Crippen LogP contribution < -0.4 is 0 Å². The van der Waals surface area contributed by atoms with Gasteiger partial charge in [-0.25, -0.2) is 0 Å². The maximum absolute atomic E-state index is 2.30. The van der Waals surface area contributed by atoms with Gasteiger partial charge in [-0.15, -0.1) is 0 Å². The minimum Gasteiger partial charge on any atom is -0.0622 e. The zero-order chi connectivity index (χ0) is 12.7. The molecule has 0 heterocycles. The quantitative estimate of drug-likeness (QED) is 0.443. The van der Waals surface area contributed by atoms with Crippen LogP contribution in [0.5, 0.6) is 0 Å². The van der Waals surface area contributed by atoms with Gasteiger partial charge in [0.2, 0.25) is 0 Å². The molecule has 3 aromatic rings. The molecule has 0 unspecified atom stereocenters. The summed E-state index contributed by atoms with van der Waals surface area (Å²) in [5.74, 6) is 0. The van der Waals surface area contributed by atoms with E-state index in [0.717, 1.165) is 0 Å². The van der Waals surface area contributed by atoms with E-state index in [4.69, 9.17) is 0 Å². The number of fused-ring (bicyclic) bond motifs is 3. The van der Waals surface area contributed by atoms with Gasteiger partial charge in [0.05, 0.1) is 0 Å². The van der Waals surface area contributed by atoms with Crippen molar-refractivity contribution in [3.8, 4) is 22.3 Å². The van der Waals surface area contributed by atoms with Crippen molar-refractivity contribution >= 4 is 0 Å². The van der Waals surface area contributed by atoms with Gasteiger partial charge in [-0.1, -0.05) is 66.7 Å². The van der Waals surface area contributed by atoms with Gasteiger partial charge in [0.1, 0.15) is 0 Å². The summed E-state index contributed by atoms with van der Waals surface area (Å²) in [5, 5.41) is 0. The highest BCUT2D eigenvalue weighted by atomic mass is 14.2. The summed E-state index contributed by atoms with van der Waals surface area (Å²) in [7, 11) is 0. The van der Waals surface area contributed by atoms with E-state index in [2.05, 4.69) is 79.2 Å². The fourth-order valence-electron chi connectivity index (χ4n) is 2.76. The van der Waals surface area contributed by atoms with E-state index in [9.17, 15) is 0 Å². The lowest BCUT2D eigenvalue weighted by molar-refractivity contribution is 1.54. The Kier molecular flexibility index (Phi) is 2.28. The van der Waals surface area contributed by atoms with Crippen LogP contribution in [0.1, 0.15) is 11.1 Å². The molecule has 0 bridgehead atoms. The fourth-order valence-corrected chi connectivity index (χ4v) is 2.76. The Morgan fingerprint density at radius 2 is 1.21 bits per heavy atom. The molecule has 0 heteroatoms. The summed E-state index contributed by atoms with van der Waals surface area (Å²) in [6.07, 6.45) is 2.26. The Labute approximate surface area is 113 Å². The Morgan fingerprint density at radius 1 is 0.474 bits per heavy atom. The van der Waals surface area contributed by atoms with Crippen LogP contribution in [0.2, 0.25) is 0 Å². The molecule has 3 aromatic carbocycles. The van der Waals surface area contributed by atoms with E-state index in [1.165, 1.54) is 33.4 Å². The van der Waals surface area contributed by atoms with Crippen LogP contribution in [-0.4, -0.2) is 0 Å². The summed E-state index contributed by atoms with van der Waals surface area (Å²) in [4.78, 5) is 0. The van der Waals surface area contributed by atoms with Crippen molar-refractivity contribution < 1.29 is 0 Å². The van der Waals surface area contributed by atoms with E-state index in [-0.39, 0.29) is 0 Å². The summed E-state index contributed by atoms with van der Waals surface area (Å²) >= 11 is 0. The summed E-state index contributed by atoms with van der Waals surface area (Å²) in [6.45, 7) is 0. The predicted octanol–water partition coefficient (Wildman–Crippen LogP) is 4.93. The molecule has 0 atom stereocenters. The molecule has 0 amide bonds. The molecule has 1 radical (unpaired) electrons. The molecule has 1 aliphatic carbocycles. The van der Waals surface area contributed by atoms with Crippen molar-refractivity contribution in [3.63, 3.8) is 0 Å². The topological polar surface area (TPSA) is 0 Å². The number of hydrogen-bond donors (Lipinski definition) is 0. The molecule has 0 spiro atoms. The van der Waals surface area contributed by atoms with Gasteiger partial charge < -0.3 is 0 Å². The molecular formula is C19H13. The molecule has 0 fully saturated rings. The second kappa shape index (κ2) is 4.10. The summed E-state index contributed by atoms with van der Waals surface area (Å²) < 4.78 is 0. The van der Waals surface area contributed by atoms with E-state index < -0.39 is 0 Å². The average Bonchev–Trinajstić information content (AvgIpc) is 2.86. The van der Waals surface area contributed by atoms with Gasteiger partial charge in [-0.2, -0.15) is 0 Å². The van der Waals surface area contributed by atoms with Crippen molar-refractivity contribution in [2.45, 2.75) is 0 Å². The van der Waals surface area contributed by atoms with Crippen LogP contribution >= 0.6 is 0 Å². The smallest absolute Gasteiger partial charge is 0.0211 e. The highest BCUT2D eigenvalue weighted by molar-refractivity contribution is 5.84. The molecular weight excluding hydrogens is 228 g/mol. The second-order valence-electron chi connectivity index (χ2n) is 4.90. The third-order valence-corrected chi connectivity index (χ3v) is 3.72. The molecule has 0 nitrogen and oxygen atoms in total. The maximum Gasteiger partial charge on any atom is 0.0211 e. The molecule has 0 N–H and O–H groups in total. The van der Waals surface area contributed by atoms with Crippen LogP contribution in [0.4, 0.5) is 0 Å². The van der Waals surface area contributed by atoms with Crippen molar-refractivity contribution in [2.24, 2.45) is 0 Å². The van der Waals surface area contributed by atoms with E-state index in [1.807, 2.05) is 0 Å². The molecule has 1 aliphatic rings. The van der Waals surface area contributed by atoms with E-state index in [0.29, 0.717) is 0 Å². The monoisotopic (exact) mass is 241 g/mol. The first-order chi connectivity index (χ1) is 9.42. The highest BCUT2D eigenvalue weighted by Gasteiger charge is 2.18. The van der Waals surface area contributed by atoms with Gasteiger partial charge in [-0.05, 0) is 39.4 Å². The lowest BCUT2D eigenvalue weighted by atomic mass is 9.99. The Bertz CT molecular complexity index is 739. The standard InChI is InChI=1S/C19H13/c1-2-6-14(7-3-1)15-10-11-17-12-16-8-4-5-9-18(16)19(17)13-15/h1-13H. The first kappa shape index (κ1) is 10.6. The number of benzene rings is 3. The third kappa shape index (κ3) is 1.68. The van der Waals surface area contributed by atoms with Crippen LogP contribution in [0, 0.1) is 6.42 Å². The molecule has 0 aliphatic heterocycles. The highest BCUT2D eigenvalue weighted by Crippen LogP contribution is 2.39. The van der Waals surface area contributed by atoms with Gasteiger partial charge in [-0.3, -0.25) is 0 Å². The lowest BCUT2D eigenvalue weighted by Gasteiger charge is -2.06. The van der Waals surface area contributed by atoms with Gasteiger partial charge in [0.25, 0.3) is 0 Å². The second-order valence-corrected chi connectivity index (χ2v) is 4.90. The fraction of sp³-hybridized carbons (Fsp3) is 0. The zero-order valence-corrected chi connectivity index (χ0v) is 10.5. The summed E-state index contributed by atoms with van der Waals surface area (Å²) in [5.41, 5.74) is 7.88. The summed E-state index contributed by atoms with van der Waals surface area (Å²) in [6, 6.07) is 25.9. The molecule has 0 saturated carbocycles. The first-order valence-electron chi connectivity index (χ1n) is 6.55. The Morgan fingerprint density at radius 3 is 2.11 bits per heavy atom. The molecule has 0 aromatic heterocycles. The SMILES string of the molecule is [CH]1c2ccccc2-c2cc(-c3ccccc3)ccc21. The van der Waals surface area contributed by atoms with Crippen LogP contribution in [0.15, 0.2) is 72.8 Å². The number of hydrogen-bond acceptors (Lipinski definition) is 0. The third-order valence-electron chi connectivity index (χ3n) is 3.72. The van der Waals surface area contributed by atoms with Crippen molar-refractivity contribution in [3.05, 3.63) is 90.3 Å². The largest absolute Gasteiger partial charge is 0.0622 e. The predicted molar refractivity (Wildman–Crippen MR) is 79.8 cm³/mol. The van der Waals surface area contributed by atoms with Crippen LogP contribution in [0.25, 0.3) is 22.3 Å². The number of rotatable bonds is 1. The van der Waals surface area contributed by atoms with Gasteiger partial charge in [0.15, 0.2) is 0 Å². The molecule has 0 saturated heterocycles. The van der Waals surface area contributed by atoms with E-state index >= 15 is 0 Å². The van der Waals surface area contributed by atoms with Crippen LogP contribution in [-0.2, 0) is 0 Å². The normalized spacial score (nSPS) is 12.0. The lowest BCUT2D eigenvalue weighted by Crippen LogP contribution is -1.81. The van der Waals surface area contributed by atoms with Gasteiger partial charge in [0, 0.05) is 6.42 Å². The van der Waals surface area contributed by atoms with E-state index in [1.54, 1.807) is 0 Å². The first-order valence-corrected chi connectivity index (χ1v) is 6.55.